The smallest absolute Gasteiger partial charge is 0.337 e. The van der Waals surface area contributed by atoms with Gasteiger partial charge in [-0.1, -0.05) is 12.1 Å². The number of hydrazine groups is 1. The average molecular weight is 369 g/mol. The van der Waals surface area contributed by atoms with Gasteiger partial charge in [-0.25, -0.2) is 20.1 Å². The normalized spacial score (nSPS) is 18.5. The van der Waals surface area contributed by atoms with Crippen molar-refractivity contribution in [2.75, 3.05) is 39.2 Å². The third-order valence-corrected chi connectivity index (χ3v) is 4.76. The summed E-state index contributed by atoms with van der Waals surface area (Å²) >= 11 is 10.6. The van der Waals surface area contributed by atoms with E-state index in [1.807, 2.05) is 26.2 Å². The highest BCUT2D eigenvalue weighted by atomic mass is 32.1. The molecule has 2 atom stereocenters. The third-order valence-electron chi connectivity index (χ3n) is 3.90. The van der Waals surface area contributed by atoms with Crippen molar-refractivity contribution < 1.29 is 19.5 Å². The van der Waals surface area contributed by atoms with E-state index < -0.39 is 12.1 Å². The molecule has 2 unspecified atom stereocenters. The molecule has 0 aromatic heterocycles. The second-order valence-corrected chi connectivity index (χ2v) is 6.30. The summed E-state index contributed by atoms with van der Waals surface area (Å²) in [5.74, 6) is -1.00. The van der Waals surface area contributed by atoms with E-state index in [1.54, 1.807) is 17.1 Å². The number of likely N-dealkylation sites (N-methyl/N-ethyl adjacent to an activating group) is 1. The highest BCUT2D eigenvalue weighted by molar-refractivity contribution is 7.81. The molecule has 1 saturated heterocycles. The molecule has 0 aliphatic carbocycles. The predicted molar refractivity (Wildman–Crippen MR) is 99.0 cm³/mol. The number of carboxylic acids is 1. The van der Waals surface area contributed by atoms with E-state index in [9.17, 15) is 4.79 Å². The standard InChI is InChI=1S/C15H20N4O3S2/c1-17(8-9-19-14(23)16-18(2)15(19)24)11-6-4-10(5-7-11)12(22-3)13(20)21/h4-7,12H,8-9H2,1-3H3,(H,16,23)(H,20,21)/p+1. The first kappa shape index (κ1) is 18.5. The lowest BCUT2D eigenvalue weighted by molar-refractivity contribution is -0.693. The average Bonchev–Trinajstić information content (AvgIpc) is 2.79. The van der Waals surface area contributed by atoms with Crippen LogP contribution in [0.15, 0.2) is 24.3 Å². The Morgan fingerprint density at radius 3 is 2.50 bits per heavy atom. The number of nitrogens with zero attached hydrogens (tertiary/aromatic N) is 2. The molecular weight excluding hydrogens is 348 g/mol. The zero-order chi connectivity index (χ0) is 17.9. The van der Waals surface area contributed by atoms with Gasteiger partial charge in [-0.2, -0.15) is 0 Å². The fourth-order valence-corrected chi connectivity index (χ4v) is 3.13. The summed E-state index contributed by atoms with van der Waals surface area (Å²) in [4.78, 5) is 14.2. The summed E-state index contributed by atoms with van der Waals surface area (Å²) in [5.41, 5.74) is 4.61. The van der Waals surface area contributed by atoms with Crippen LogP contribution < -0.4 is 15.2 Å². The molecule has 9 heteroatoms. The van der Waals surface area contributed by atoms with Gasteiger partial charge < -0.3 is 14.7 Å². The van der Waals surface area contributed by atoms with Gasteiger partial charge in [-0.3, -0.25) is 0 Å². The Morgan fingerprint density at radius 2 is 2.04 bits per heavy atom. The van der Waals surface area contributed by atoms with Crippen molar-refractivity contribution in [2.24, 2.45) is 0 Å². The van der Waals surface area contributed by atoms with Gasteiger partial charge in [0.05, 0.1) is 6.54 Å². The number of thiocarbonyl (C=S) groups is 2. The van der Waals surface area contributed by atoms with E-state index in [-0.39, 0.29) is 0 Å². The van der Waals surface area contributed by atoms with Gasteiger partial charge in [-0.15, -0.1) is 0 Å². The number of carbonyl (C=O) groups is 1. The third kappa shape index (κ3) is 3.99. The summed E-state index contributed by atoms with van der Waals surface area (Å²) in [6.45, 7) is 1.49. The molecule has 2 rings (SSSR count). The van der Waals surface area contributed by atoms with Crippen LogP contribution in [0.3, 0.4) is 0 Å². The highest BCUT2D eigenvalue weighted by Crippen LogP contribution is 2.20. The Bertz CT molecular complexity index is 638. The summed E-state index contributed by atoms with van der Waals surface area (Å²) in [7, 11) is 5.20. The number of rotatable bonds is 7. The maximum Gasteiger partial charge on any atom is 0.337 e. The first-order valence-electron chi connectivity index (χ1n) is 7.36. The van der Waals surface area contributed by atoms with Crippen LogP contribution >= 0.6 is 24.4 Å². The number of methoxy groups -OCH3 is 1. The summed E-state index contributed by atoms with van der Waals surface area (Å²) in [6.07, 6.45) is -0.949. The van der Waals surface area contributed by atoms with Gasteiger partial charge in [0.15, 0.2) is 6.10 Å². The van der Waals surface area contributed by atoms with E-state index in [0.29, 0.717) is 10.7 Å². The molecule has 7 nitrogen and oxygen atoms in total. The van der Waals surface area contributed by atoms with Crippen LogP contribution in [0.25, 0.3) is 0 Å². The van der Waals surface area contributed by atoms with Crippen LogP contribution in [0.5, 0.6) is 0 Å². The lowest BCUT2D eigenvalue weighted by Crippen LogP contribution is -3.16. The fraction of sp³-hybridized carbons (Fsp3) is 0.400. The Balaban J connectivity index is 1.98. The number of carboxylic acid groups (broad SMARTS) is 1. The number of ether oxygens (including phenoxy) is 1. The predicted octanol–water partition coefficient (Wildman–Crippen LogP) is -0.200. The first-order valence-corrected chi connectivity index (χ1v) is 8.18. The molecule has 1 aromatic carbocycles. The number of hydrogen-bond donors (Lipinski definition) is 3. The Hall–Kier alpha value is -1.81. The van der Waals surface area contributed by atoms with Crippen molar-refractivity contribution in [1.29, 1.82) is 0 Å². The first-order chi connectivity index (χ1) is 11.3. The maximum atomic E-state index is 11.1. The summed E-state index contributed by atoms with van der Waals surface area (Å²) < 4.78 is 4.99. The van der Waals surface area contributed by atoms with Crippen molar-refractivity contribution in [2.45, 2.75) is 6.10 Å². The molecule has 130 valence electrons. The monoisotopic (exact) mass is 369 g/mol. The van der Waals surface area contributed by atoms with Crippen molar-refractivity contribution in [1.82, 2.24) is 10.4 Å². The molecule has 0 spiro atoms. The topological polar surface area (TPSA) is 69.5 Å². The molecule has 0 saturated carbocycles. The van der Waals surface area contributed by atoms with Gasteiger partial charge in [0, 0.05) is 51.3 Å². The van der Waals surface area contributed by atoms with Crippen LogP contribution in [0.1, 0.15) is 11.7 Å². The van der Waals surface area contributed by atoms with Crippen molar-refractivity contribution in [3.8, 4) is 0 Å². The zero-order valence-electron chi connectivity index (χ0n) is 13.8. The van der Waals surface area contributed by atoms with Crippen LogP contribution in [0, 0.1) is 0 Å². The van der Waals surface area contributed by atoms with Crippen molar-refractivity contribution >= 4 is 46.3 Å². The van der Waals surface area contributed by atoms with Crippen molar-refractivity contribution in [3.05, 3.63) is 29.8 Å². The van der Waals surface area contributed by atoms with Gasteiger partial charge in [-0.05, 0) is 17.7 Å². The molecule has 1 fully saturated rings. The van der Waals surface area contributed by atoms with Gasteiger partial charge in [0.2, 0.25) is 0 Å². The van der Waals surface area contributed by atoms with Crippen LogP contribution in [0.2, 0.25) is 0 Å². The van der Waals surface area contributed by atoms with Gasteiger partial charge >= 0.3 is 5.97 Å². The number of nitrogens with one attached hydrogen (secondary N) is 2. The van der Waals surface area contributed by atoms with E-state index in [0.717, 1.165) is 28.8 Å². The number of benzene rings is 1. The lowest BCUT2D eigenvalue weighted by atomic mass is 10.1. The SMILES string of the molecule is COC(C(=O)O)c1ccc(N(C)CC[NH+]2C(=S)NN(C)C2=S)cc1. The number of hydrogen-bond acceptors (Lipinski definition) is 5. The lowest BCUT2D eigenvalue weighted by Gasteiger charge is -2.21. The maximum absolute atomic E-state index is 11.1. The molecule has 3 N–H and O–H groups in total. The minimum atomic E-state index is -1.00. The molecule has 24 heavy (non-hydrogen) atoms. The molecule has 0 amide bonds. The quantitative estimate of drug-likeness (QED) is 0.571. The minimum absolute atomic E-state index is 0.612. The molecule has 1 aliphatic rings. The Kier molecular flexibility index (Phi) is 6.05. The van der Waals surface area contributed by atoms with Gasteiger partial charge in [0.25, 0.3) is 10.2 Å². The second kappa shape index (κ2) is 7.84. The zero-order valence-corrected chi connectivity index (χ0v) is 15.4. The van der Waals surface area contributed by atoms with Crippen LogP contribution in [-0.4, -0.2) is 60.6 Å². The molecule has 0 bridgehead atoms. The van der Waals surface area contributed by atoms with E-state index in [2.05, 4.69) is 10.3 Å². The minimum Gasteiger partial charge on any atom is -0.479 e. The molecule has 1 aromatic rings. The molecule has 0 radical (unpaired) electrons. The molecule has 1 aliphatic heterocycles. The molecule has 1 heterocycles. The Labute approximate surface area is 151 Å². The number of aliphatic carboxylic acids is 1. The summed E-state index contributed by atoms with van der Waals surface area (Å²) in [5, 5.41) is 12.3. The van der Waals surface area contributed by atoms with E-state index in [1.165, 1.54) is 7.11 Å². The highest BCUT2D eigenvalue weighted by Gasteiger charge is 2.33. The number of quaternary nitrogens is 1. The van der Waals surface area contributed by atoms with E-state index >= 15 is 0 Å². The second-order valence-electron chi connectivity index (χ2n) is 5.50. The summed E-state index contributed by atoms with van der Waals surface area (Å²) in [6, 6.07) is 7.29. The van der Waals surface area contributed by atoms with Crippen LogP contribution in [0.4, 0.5) is 5.69 Å². The molecular formula is C15H21N4O3S2+. The van der Waals surface area contributed by atoms with E-state index in [4.69, 9.17) is 34.3 Å². The van der Waals surface area contributed by atoms with Crippen LogP contribution in [-0.2, 0) is 9.53 Å². The number of anilines is 1. The fourth-order valence-electron chi connectivity index (χ4n) is 2.48. The largest absolute Gasteiger partial charge is 0.479 e. The van der Waals surface area contributed by atoms with Gasteiger partial charge in [0.1, 0.15) is 6.54 Å². The Morgan fingerprint density at radius 1 is 1.42 bits per heavy atom. The van der Waals surface area contributed by atoms with Crippen molar-refractivity contribution in [3.63, 3.8) is 0 Å².